The molecule has 19 heavy (non-hydrogen) atoms. The molecule has 1 N–H and O–H groups in total. The van der Waals surface area contributed by atoms with Crippen LogP contribution in [-0.4, -0.2) is 16.4 Å². The largest absolute Gasteiger partial charge is 0.347 e. The molecular weight excluding hydrogens is 268 g/mol. The van der Waals surface area contributed by atoms with E-state index in [4.69, 9.17) is 11.6 Å². The zero-order chi connectivity index (χ0) is 14.0. The minimum Gasteiger partial charge on any atom is -0.347 e. The Balaban J connectivity index is 2.29. The fourth-order valence-electron chi connectivity index (χ4n) is 2.51. The lowest BCUT2D eigenvalue weighted by atomic mass is 10.00. The molecule has 0 aliphatic heterocycles. The molecule has 1 aromatic rings. The van der Waals surface area contributed by atoms with Crippen molar-refractivity contribution >= 4 is 23.2 Å². The normalized spacial score (nSPS) is 17.2. The van der Waals surface area contributed by atoms with E-state index in [1.54, 1.807) is 6.07 Å². The Hall–Kier alpha value is -1.62. The van der Waals surface area contributed by atoms with Gasteiger partial charge in [0.2, 0.25) is 0 Å². The van der Waals surface area contributed by atoms with Crippen LogP contribution in [0.5, 0.6) is 0 Å². The maximum Gasteiger partial charge on any atom is 0.300 e. The summed E-state index contributed by atoms with van der Waals surface area (Å²) < 4.78 is 0. The Morgan fingerprint density at radius 3 is 2.63 bits per heavy atom. The Kier molecular flexibility index (Phi) is 3.75. The van der Waals surface area contributed by atoms with Crippen LogP contribution < -0.4 is 5.32 Å². The first-order valence-electron chi connectivity index (χ1n) is 6.18. The van der Waals surface area contributed by atoms with Crippen LogP contribution in [0.15, 0.2) is 18.2 Å². The summed E-state index contributed by atoms with van der Waals surface area (Å²) in [5, 5.41) is 13.9. The van der Waals surface area contributed by atoms with E-state index in [9.17, 15) is 14.9 Å². The maximum atomic E-state index is 12.2. The summed E-state index contributed by atoms with van der Waals surface area (Å²) in [5.41, 5.74) is -0.582. The number of carbonyl (C=O) groups excluding carboxylic acids is 1. The standard InChI is InChI=1S/C13H15ClN2O3/c1-13(7-2-3-8-13)15-12(17)9-5-4-6-10(14)11(9)16(18)19/h4-6H,2-3,7-8H2,1H3,(H,15,17). The molecule has 5 nitrogen and oxygen atoms in total. The van der Waals surface area contributed by atoms with Crippen LogP contribution in [0.1, 0.15) is 43.0 Å². The summed E-state index contributed by atoms with van der Waals surface area (Å²) >= 11 is 5.80. The van der Waals surface area contributed by atoms with Crippen LogP contribution in [0.4, 0.5) is 5.69 Å². The first-order chi connectivity index (χ1) is 8.93. The van der Waals surface area contributed by atoms with E-state index in [-0.39, 0.29) is 21.8 Å². The zero-order valence-electron chi connectivity index (χ0n) is 10.6. The van der Waals surface area contributed by atoms with Crippen LogP contribution >= 0.6 is 11.6 Å². The third kappa shape index (κ3) is 2.87. The highest BCUT2D eigenvalue weighted by molar-refractivity contribution is 6.33. The summed E-state index contributed by atoms with van der Waals surface area (Å²) in [4.78, 5) is 22.6. The summed E-state index contributed by atoms with van der Waals surface area (Å²) in [5.74, 6) is -0.432. The number of nitro benzene ring substituents is 1. The van der Waals surface area contributed by atoms with E-state index >= 15 is 0 Å². The molecule has 0 spiro atoms. The Bertz CT molecular complexity index is 525. The van der Waals surface area contributed by atoms with Crippen LogP contribution in [0.25, 0.3) is 0 Å². The Morgan fingerprint density at radius 1 is 1.42 bits per heavy atom. The van der Waals surface area contributed by atoms with Gasteiger partial charge in [-0.2, -0.15) is 0 Å². The van der Waals surface area contributed by atoms with E-state index in [2.05, 4.69) is 5.32 Å². The van der Waals surface area contributed by atoms with Crippen molar-refractivity contribution in [3.8, 4) is 0 Å². The van der Waals surface area contributed by atoms with Gasteiger partial charge in [-0.1, -0.05) is 30.5 Å². The van der Waals surface area contributed by atoms with Crippen molar-refractivity contribution in [3.05, 3.63) is 38.9 Å². The molecule has 1 amide bonds. The number of amides is 1. The second-order valence-electron chi connectivity index (χ2n) is 5.12. The average molecular weight is 283 g/mol. The SMILES string of the molecule is CC1(NC(=O)c2cccc(Cl)c2[N+](=O)[O-])CCCC1. The van der Waals surface area contributed by atoms with Crippen molar-refractivity contribution in [1.82, 2.24) is 5.32 Å². The van der Waals surface area contributed by atoms with Gasteiger partial charge in [0.1, 0.15) is 10.6 Å². The summed E-state index contributed by atoms with van der Waals surface area (Å²) in [7, 11) is 0. The molecule has 1 aliphatic rings. The van der Waals surface area contributed by atoms with Crippen molar-refractivity contribution in [2.75, 3.05) is 0 Å². The van der Waals surface area contributed by atoms with Crippen molar-refractivity contribution in [1.29, 1.82) is 0 Å². The minimum atomic E-state index is -0.617. The number of benzene rings is 1. The smallest absolute Gasteiger partial charge is 0.300 e. The first-order valence-corrected chi connectivity index (χ1v) is 6.56. The minimum absolute atomic E-state index is 0.0191. The Labute approximate surface area is 116 Å². The van der Waals surface area contributed by atoms with E-state index in [1.165, 1.54) is 12.1 Å². The summed E-state index contributed by atoms with van der Waals surface area (Å²) in [6, 6.07) is 4.38. The molecule has 1 saturated carbocycles. The average Bonchev–Trinajstić information content (AvgIpc) is 2.74. The van der Waals surface area contributed by atoms with Crippen LogP contribution in [-0.2, 0) is 0 Å². The molecular formula is C13H15ClN2O3. The van der Waals surface area contributed by atoms with Crippen molar-refractivity contribution in [2.24, 2.45) is 0 Å². The second-order valence-corrected chi connectivity index (χ2v) is 5.52. The van der Waals surface area contributed by atoms with Crippen molar-refractivity contribution in [2.45, 2.75) is 38.1 Å². The van der Waals surface area contributed by atoms with Gasteiger partial charge >= 0.3 is 5.69 Å². The zero-order valence-corrected chi connectivity index (χ0v) is 11.4. The molecule has 1 aliphatic carbocycles. The van der Waals surface area contributed by atoms with Gasteiger partial charge in [0.15, 0.2) is 0 Å². The van der Waals surface area contributed by atoms with Crippen LogP contribution in [0.3, 0.4) is 0 Å². The van der Waals surface area contributed by atoms with Gasteiger partial charge in [0, 0.05) is 5.54 Å². The third-order valence-electron chi connectivity index (χ3n) is 3.54. The monoisotopic (exact) mass is 282 g/mol. The lowest BCUT2D eigenvalue weighted by Crippen LogP contribution is -2.43. The lowest BCUT2D eigenvalue weighted by Gasteiger charge is -2.25. The first kappa shape index (κ1) is 13.8. The molecule has 1 fully saturated rings. The third-order valence-corrected chi connectivity index (χ3v) is 3.84. The number of nitro groups is 1. The Morgan fingerprint density at radius 2 is 2.05 bits per heavy atom. The molecule has 0 aromatic heterocycles. The number of rotatable bonds is 3. The highest BCUT2D eigenvalue weighted by atomic mass is 35.5. The predicted octanol–water partition coefficient (Wildman–Crippen LogP) is 3.31. The molecule has 6 heteroatoms. The van der Waals surface area contributed by atoms with E-state index in [0.29, 0.717) is 0 Å². The quantitative estimate of drug-likeness (QED) is 0.683. The number of hydrogen-bond acceptors (Lipinski definition) is 3. The number of halogens is 1. The molecule has 0 bridgehead atoms. The molecule has 0 atom stereocenters. The van der Waals surface area contributed by atoms with Gasteiger partial charge in [-0.15, -0.1) is 0 Å². The van der Waals surface area contributed by atoms with Gasteiger partial charge in [-0.3, -0.25) is 14.9 Å². The summed E-state index contributed by atoms with van der Waals surface area (Å²) in [6.45, 7) is 1.97. The number of nitrogens with one attached hydrogen (secondary N) is 1. The molecule has 0 radical (unpaired) electrons. The number of para-hydroxylation sites is 1. The van der Waals surface area contributed by atoms with Gasteiger partial charge in [0.05, 0.1) is 4.92 Å². The second kappa shape index (κ2) is 5.17. The highest BCUT2D eigenvalue weighted by Gasteiger charge is 2.33. The summed E-state index contributed by atoms with van der Waals surface area (Å²) in [6.07, 6.45) is 3.92. The van der Waals surface area contributed by atoms with Gasteiger partial charge in [-0.25, -0.2) is 0 Å². The van der Waals surface area contributed by atoms with Crippen LogP contribution in [0.2, 0.25) is 5.02 Å². The van der Waals surface area contributed by atoms with E-state index in [1.807, 2.05) is 6.92 Å². The van der Waals surface area contributed by atoms with Crippen LogP contribution in [0, 0.1) is 10.1 Å². The lowest BCUT2D eigenvalue weighted by molar-refractivity contribution is -0.385. The van der Waals surface area contributed by atoms with Gasteiger partial charge in [0.25, 0.3) is 5.91 Å². The fourth-order valence-corrected chi connectivity index (χ4v) is 2.75. The topological polar surface area (TPSA) is 72.2 Å². The molecule has 2 rings (SSSR count). The van der Waals surface area contributed by atoms with Crippen molar-refractivity contribution in [3.63, 3.8) is 0 Å². The molecule has 102 valence electrons. The van der Waals surface area contributed by atoms with Gasteiger partial charge < -0.3 is 5.32 Å². The predicted molar refractivity (Wildman–Crippen MR) is 72.4 cm³/mol. The molecule has 0 heterocycles. The van der Waals surface area contributed by atoms with Gasteiger partial charge in [-0.05, 0) is 31.9 Å². The number of carbonyl (C=O) groups is 1. The van der Waals surface area contributed by atoms with E-state index in [0.717, 1.165) is 25.7 Å². The van der Waals surface area contributed by atoms with E-state index < -0.39 is 10.8 Å². The fraction of sp³-hybridized carbons (Fsp3) is 0.462. The maximum absolute atomic E-state index is 12.2. The highest BCUT2D eigenvalue weighted by Crippen LogP contribution is 2.32. The molecule has 1 aromatic carbocycles. The number of hydrogen-bond donors (Lipinski definition) is 1. The molecule has 0 saturated heterocycles. The number of nitrogens with zero attached hydrogens (tertiary/aromatic N) is 1. The molecule has 0 unspecified atom stereocenters. The van der Waals surface area contributed by atoms with Crippen molar-refractivity contribution < 1.29 is 9.72 Å².